The highest BCUT2D eigenvalue weighted by atomic mass is 32.2. The molecule has 22 heavy (non-hydrogen) atoms. The molecular formula is C16H24N2O3S. The first kappa shape index (κ1) is 16.8. The number of rotatable bonds is 2. The molecule has 1 heterocycles. The molecule has 2 atom stereocenters. The van der Waals surface area contributed by atoms with Gasteiger partial charge in [-0.1, -0.05) is 19.9 Å². The standard InChI is InChI=1S/C16H24N2O3S/c1-11-7-12(2)10-18(9-11)16(19)17-15-8-14(22(4,20)21)6-5-13(15)3/h5-6,8,11-12H,7,9-10H2,1-4H3,(H,17,19). The number of carbonyl (C=O) groups is 1. The highest BCUT2D eigenvalue weighted by Gasteiger charge is 2.25. The van der Waals surface area contributed by atoms with Crippen LogP contribution in [0.15, 0.2) is 23.1 Å². The number of nitrogens with zero attached hydrogens (tertiary/aromatic N) is 1. The Morgan fingerprint density at radius 2 is 1.82 bits per heavy atom. The number of piperidine rings is 1. The summed E-state index contributed by atoms with van der Waals surface area (Å²) in [6, 6.07) is 4.64. The van der Waals surface area contributed by atoms with Crippen LogP contribution in [0.25, 0.3) is 0 Å². The van der Waals surface area contributed by atoms with Crippen LogP contribution in [0.2, 0.25) is 0 Å². The van der Waals surface area contributed by atoms with Gasteiger partial charge >= 0.3 is 6.03 Å². The molecule has 6 heteroatoms. The molecule has 0 aliphatic carbocycles. The van der Waals surface area contributed by atoms with Crippen molar-refractivity contribution >= 4 is 21.6 Å². The first-order valence-corrected chi connectivity index (χ1v) is 9.42. The van der Waals surface area contributed by atoms with E-state index >= 15 is 0 Å². The lowest BCUT2D eigenvalue weighted by Crippen LogP contribution is -2.44. The fraction of sp³-hybridized carbons (Fsp3) is 0.562. The Morgan fingerprint density at radius 1 is 1.23 bits per heavy atom. The topological polar surface area (TPSA) is 66.5 Å². The third-order valence-electron chi connectivity index (χ3n) is 4.03. The quantitative estimate of drug-likeness (QED) is 0.909. The Bertz CT molecular complexity index is 660. The van der Waals surface area contributed by atoms with Gasteiger partial charge in [-0.2, -0.15) is 0 Å². The summed E-state index contributed by atoms with van der Waals surface area (Å²) in [4.78, 5) is 14.5. The molecule has 2 rings (SSSR count). The molecule has 0 aromatic heterocycles. The van der Waals surface area contributed by atoms with Crippen molar-refractivity contribution in [1.82, 2.24) is 4.90 Å². The zero-order valence-electron chi connectivity index (χ0n) is 13.6. The van der Waals surface area contributed by atoms with Crippen molar-refractivity contribution < 1.29 is 13.2 Å². The Kier molecular flexibility index (Phi) is 4.80. The summed E-state index contributed by atoms with van der Waals surface area (Å²) >= 11 is 0. The van der Waals surface area contributed by atoms with Crippen LogP contribution in [-0.2, 0) is 9.84 Å². The van der Waals surface area contributed by atoms with Gasteiger partial charge in [0, 0.05) is 25.0 Å². The SMILES string of the molecule is Cc1ccc(S(C)(=O)=O)cc1NC(=O)N1CC(C)CC(C)C1. The average molecular weight is 324 g/mol. The Morgan fingerprint density at radius 3 is 2.36 bits per heavy atom. The highest BCUT2D eigenvalue weighted by Crippen LogP contribution is 2.24. The number of amides is 2. The molecule has 0 bridgehead atoms. The number of benzene rings is 1. The smallest absolute Gasteiger partial charge is 0.321 e. The first-order valence-electron chi connectivity index (χ1n) is 7.53. The summed E-state index contributed by atoms with van der Waals surface area (Å²) in [7, 11) is -3.29. The maximum atomic E-state index is 12.4. The maximum absolute atomic E-state index is 12.4. The van der Waals surface area contributed by atoms with Crippen molar-refractivity contribution in [3.05, 3.63) is 23.8 Å². The van der Waals surface area contributed by atoms with Crippen LogP contribution < -0.4 is 5.32 Å². The van der Waals surface area contributed by atoms with E-state index in [0.717, 1.165) is 31.3 Å². The number of aryl methyl sites for hydroxylation is 1. The van der Waals surface area contributed by atoms with Crippen LogP contribution in [0.1, 0.15) is 25.8 Å². The normalized spacial score (nSPS) is 22.5. The molecule has 1 aromatic carbocycles. The first-order chi connectivity index (χ1) is 10.2. The van der Waals surface area contributed by atoms with E-state index in [1.807, 2.05) is 11.8 Å². The van der Waals surface area contributed by atoms with E-state index in [1.165, 1.54) is 6.07 Å². The third-order valence-corrected chi connectivity index (χ3v) is 5.15. The molecule has 1 fully saturated rings. The lowest BCUT2D eigenvalue weighted by atomic mass is 9.92. The minimum atomic E-state index is -3.29. The van der Waals surface area contributed by atoms with Crippen LogP contribution in [0.4, 0.5) is 10.5 Å². The van der Waals surface area contributed by atoms with E-state index in [-0.39, 0.29) is 10.9 Å². The summed E-state index contributed by atoms with van der Waals surface area (Å²) in [6.07, 6.45) is 2.30. The molecule has 0 saturated carbocycles. The lowest BCUT2D eigenvalue weighted by molar-refractivity contribution is 0.156. The molecule has 1 N–H and O–H groups in total. The second-order valence-corrected chi connectivity index (χ2v) is 8.55. The molecule has 1 saturated heterocycles. The monoisotopic (exact) mass is 324 g/mol. The predicted molar refractivity (Wildman–Crippen MR) is 87.8 cm³/mol. The fourth-order valence-electron chi connectivity index (χ4n) is 2.99. The molecule has 0 spiro atoms. The van der Waals surface area contributed by atoms with Crippen LogP contribution in [0.5, 0.6) is 0 Å². The van der Waals surface area contributed by atoms with Gasteiger partial charge < -0.3 is 10.2 Å². The van der Waals surface area contributed by atoms with Gasteiger partial charge in [-0.15, -0.1) is 0 Å². The van der Waals surface area contributed by atoms with E-state index in [1.54, 1.807) is 12.1 Å². The molecule has 1 aliphatic rings. The fourth-order valence-corrected chi connectivity index (χ4v) is 3.64. The minimum Gasteiger partial charge on any atom is -0.324 e. The Balaban J connectivity index is 2.18. The van der Waals surface area contributed by atoms with Gasteiger partial charge in [0.25, 0.3) is 0 Å². The largest absolute Gasteiger partial charge is 0.324 e. The van der Waals surface area contributed by atoms with Crippen LogP contribution in [0, 0.1) is 18.8 Å². The molecule has 122 valence electrons. The van der Waals surface area contributed by atoms with Gasteiger partial charge in [0.15, 0.2) is 9.84 Å². The molecular weight excluding hydrogens is 300 g/mol. The summed E-state index contributed by atoms with van der Waals surface area (Å²) in [5.74, 6) is 0.968. The van der Waals surface area contributed by atoms with E-state index in [0.29, 0.717) is 17.5 Å². The second kappa shape index (κ2) is 6.28. The molecule has 0 radical (unpaired) electrons. The minimum absolute atomic E-state index is 0.160. The highest BCUT2D eigenvalue weighted by molar-refractivity contribution is 7.90. The van der Waals surface area contributed by atoms with E-state index < -0.39 is 9.84 Å². The van der Waals surface area contributed by atoms with Crippen LogP contribution in [-0.4, -0.2) is 38.7 Å². The summed E-state index contributed by atoms with van der Waals surface area (Å²) < 4.78 is 23.3. The molecule has 1 aromatic rings. The predicted octanol–water partition coefficient (Wildman–Crippen LogP) is 2.91. The van der Waals surface area contributed by atoms with Crippen LogP contribution in [0.3, 0.4) is 0 Å². The summed E-state index contributed by atoms with van der Waals surface area (Å²) in [6.45, 7) is 7.61. The molecule has 1 aliphatic heterocycles. The number of likely N-dealkylation sites (tertiary alicyclic amines) is 1. The van der Waals surface area contributed by atoms with Crippen molar-refractivity contribution in [2.75, 3.05) is 24.7 Å². The van der Waals surface area contributed by atoms with Gasteiger partial charge in [0.05, 0.1) is 4.90 Å². The van der Waals surface area contributed by atoms with Gasteiger partial charge in [-0.25, -0.2) is 13.2 Å². The zero-order valence-corrected chi connectivity index (χ0v) is 14.4. The molecule has 2 amide bonds. The maximum Gasteiger partial charge on any atom is 0.321 e. The van der Waals surface area contributed by atoms with Gasteiger partial charge in [0.1, 0.15) is 0 Å². The second-order valence-electron chi connectivity index (χ2n) is 6.53. The number of hydrogen-bond donors (Lipinski definition) is 1. The van der Waals surface area contributed by atoms with Gasteiger partial charge in [0.2, 0.25) is 0 Å². The number of hydrogen-bond acceptors (Lipinski definition) is 3. The van der Waals surface area contributed by atoms with E-state index in [2.05, 4.69) is 19.2 Å². The van der Waals surface area contributed by atoms with Crippen molar-refractivity contribution in [2.45, 2.75) is 32.1 Å². The van der Waals surface area contributed by atoms with Gasteiger partial charge in [-0.3, -0.25) is 0 Å². The number of anilines is 1. The number of nitrogens with one attached hydrogen (secondary N) is 1. The van der Waals surface area contributed by atoms with E-state index in [9.17, 15) is 13.2 Å². The van der Waals surface area contributed by atoms with Crippen molar-refractivity contribution in [1.29, 1.82) is 0 Å². The molecule has 5 nitrogen and oxygen atoms in total. The number of sulfone groups is 1. The number of carbonyl (C=O) groups excluding carboxylic acids is 1. The lowest BCUT2D eigenvalue weighted by Gasteiger charge is -2.35. The molecule has 2 unspecified atom stereocenters. The summed E-state index contributed by atoms with van der Waals surface area (Å²) in [5, 5.41) is 2.86. The average Bonchev–Trinajstić information content (AvgIpc) is 2.38. The zero-order chi connectivity index (χ0) is 16.5. The van der Waals surface area contributed by atoms with E-state index in [4.69, 9.17) is 0 Å². The summed E-state index contributed by atoms with van der Waals surface area (Å²) in [5.41, 5.74) is 1.40. The third kappa shape index (κ3) is 4.00. The van der Waals surface area contributed by atoms with Gasteiger partial charge in [-0.05, 0) is 42.9 Å². The Hall–Kier alpha value is -1.56. The van der Waals surface area contributed by atoms with Crippen LogP contribution >= 0.6 is 0 Å². The number of urea groups is 1. The van der Waals surface area contributed by atoms with Crippen molar-refractivity contribution in [3.63, 3.8) is 0 Å². The van der Waals surface area contributed by atoms with Crippen molar-refractivity contribution in [3.8, 4) is 0 Å². The Labute approximate surface area is 132 Å². The van der Waals surface area contributed by atoms with Crippen molar-refractivity contribution in [2.24, 2.45) is 11.8 Å².